The summed E-state index contributed by atoms with van der Waals surface area (Å²) >= 11 is 0. The molecule has 0 aliphatic rings. The smallest absolute Gasteiger partial charge is 0.227 e. The number of benzene rings is 2. The highest BCUT2D eigenvalue weighted by molar-refractivity contribution is 5.84. The highest BCUT2D eigenvalue weighted by atomic mass is 16.2. The van der Waals surface area contributed by atoms with Gasteiger partial charge < -0.3 is 9.88 Å². The molecule has 2 aromatic carbocycles. The van der Waals surface area contributed by atoms with Crippen molar-refractivity contribution < 1.29 is 4.79 Å². The highest BCUT2D eigenvalue weighted by Gasteiger charge is 2.12. The predicted octanol–water partition coefficient (Wildman–Crippen LogP) is 3.37. The van der Waals surface area contributed by atoms with E-state index in [1.165, 1.54) is 5.39 Å². The van der Waals surface area contributed by atoms with Crippen LogP contribution in [0.15, 0.2) is 60.8 Å². The topological polar surface area (TPSA) is 36.1 Å². The molecular formula is C18H18N2O. The van der Waals surface area contributed by atoms with Crippen LogP contribution in [-0.2, 0) is 17.8 Å². The SMILES string of the molecule is CN(Cc1c[nH]c2ccccc12)C(=O)Cc1ccccc1. The van der Waals surface area contributed by atoms with E-state index < -0.39 is 0 Å². The first kappa shape index (κ1) is 13.4. The van der Waals surface area contributed by atoms with Gasteiger partial charge in [-0.25, -0.2) is 0 Å². The molecule has 0 radical (unpaired) electrons. The summed E-state index contributed by atoms with van der Waals surface area (Å²) in [7, 11) is 1.85. The zero-order valence-corrected chi connectivity index (χ0v) is 12.0. The number of fused-ring (bicyclic) bond motifs is 1. The first-order valence-electron chi connectivity index (χ1n) is 7.07. The van der Waals surface area contributed by atoms with Crippen molar-refractivity contribution in [2.24, 2.45) is 0 Å². The molecule has 106 valence electrons. The van der Waals surface area contributed by atoms with Crippen molar-refractivity contribution in [2.45, 2.75) is 13.0 Å². The Morgan fingerprint density at radius 2 is 1.76 bits per heavy atom. The van der Waals surface area contributed by atoms with Crippen molar-refractivity contribution in [1.29, 1.82) is 0 Å². The Morgan fingerprint density at radius 3 is 2.57 bits per heavy atom. The van der Waals surface area contributed by atoms with Crippen LogP contribution < -0.4 is 0 Å². The summed E-state index contributed by atoms with van der Waals surface area (Å²) in [6.07, 6.45) is 2.43. The minimum atomic E-state index is 0.131. The van der Waals surface area contributed by atoms with E-state index >= 15 is 0 Å². The van der Waals surface area contributed by atoms with Gasteiger partial charge in [-0.15, -0.1) is 0 Å². The molecule has 1 heterocycles. The Hall–Kier alpha value is -2.55. The first-order chi connectivity index (χ1) is 10.2. The molecule has 0 aliphatic heterocycles. The Labute approximate surface area is 124 Å². The summed E-state index contributed by atoms with van der Waals surface area (Å²) in [5, 5.41) is 1.18. The maximum absolute atomic E-state index is 12.3. The van der Waals surface area contributed by atoms with Gasteiger partial charge in [0.25, 0.3) is 0 Å². The molecule has 3 rings (SSSR count). The molecule has 0 spiro atoms. The average Bonchev–Trinajstić information content (AvgIpc) is 2.91. The summed E-state index contributed by atoms with van der Waals surface area (Å²) in [4.78, 5) is 17.3. The van der Waals surface area contributed by atoms with Crippen LogP contribution in [0.25, 0.3) is 10.9 Å². The summed E-state index contributed by atoms with van der Waals surface area (Å²) in [6.45, 7) is 0.621. The summed E-state index contributed by atoms with van der Waals surface area (Å²) in [5.41, 5.74) is 3.30. The second kappa shape index (κ2) is 5.83. The Kier molecular flexibility index (Phi) is 3.73. The van der Waals surface area contributed by atoms with Gasteiger partial charge in [0.1, 0.15) is 0 Å². The molecule has 0 aliphatic carbocycles. The van der Waals surface area contributed by atoms with Gasteiger partial charge in [0.05, 0.1) is 6.42 Å². The molecule has 0 bridgehead atoms. The van der Waals surface area contributed by atoms with Gasteiger partial charge in [0.15, 0.2) is 0 Å². The summed E-state index contributed by atoms with van der Waals surface area (Å²) in [6, 6.07) is 18.0. The van der Waals surface area contributed by atoms with Gasteiger partial charge in [-0.2, -0.15) is 0 Å². The van der Waals surface area contributed by atoms with E-state index in [4.69, 9.17) is 0 Å². The lowest BCUT2D eigenvalue weighted by Gasteiger charge is -2.17. The van der Waals surface area contributed by atoms with Crippen LogP contribution >= 0.6 is 0 Å². The normalized spacial score (nSPS) is 10.7. The maximum atomic E-state index is 12.3. The number of H-pyrrole nitrogens is 1. The van der Waals surface area contributed by atoms with Gasteiger partial charge >= 0.3 is 0 Å². The van der Waals surface area contributed by atoms with E-state index in [-0.39, 0.29) is 5.91 Å². The zero-order chi connectivity index (χ0) is 14.7. The average molecular weight is 278 g/mol. The maximum Gasteiger partial charge on any atom is 0.227 e. The van der Waals surface area contributed by atoms with E-state index in [1.807, 2.05) is 61.8 Å². The number of rotatable bonds is 4. The van der Waals surface area contributed by atoms with Crippen molar-refractivity contribution in [3.63, 3.8) is 0 Å². The highest BCUT2D eigenvalue weighted by Crippen LogP contribution is 2.19. The quantitative estimate of drug-likeness (QED) is 0.780. The standard InChI is InChI=1S/C18H18N2O/c1-20(18(21)11-14-7-3-2-4-8-14)13-15-12-19-17-10-6-5-9-16(15)17/h2-10,12,19H,11,13H2,1H3. The molecule has 3 heteroatoms. The van der Waals surface area contributed by atoms with Crippen LogP contribution in [0.4, 0.5) is 0 Å². The lowest BCUT2D eigenvalue weighted by molar-refractivity contribution is -0.129. The van der Waals surface area contributed by atoms with E-state index in [0.29, 0.717) is 13.0 Å². The van der Waals surface area contributed by atoms with Crippen LogP contribution in [0.1, 0.15) is 11.1 Å². The molecule has 0 atom stereocenters. The lowest BCUT2D eigenvalue weighted by Crippen LogP contribution is -2.27. The molecule has 0 saturated carbocycles. The second-order valence-corrected chi connectivity index (χ2v) is 5.27. The molecule has 3 aromatic rings. The number of hydrogen-bond donors (Lipinski definition) is 1. The van der Waals surface area contributed by atoms with Crippen LogP contribution in [0, 0.1) is 0 Å². The number of hydrogen-bond acceptors (Lipinski definition) is 1. The van der Waals surface area contributed by atoms with Crippen molar-refractivity contribution in [3.05, 3.63) is 71.9 Å². The molecule has 3 nitrogen and oxygen atoms in total. The number of likely N-dealkylation sites (N-methyl/N-ethyl adjacent to an activating group) is 1. The van der Waals surface area contributed by atoms with Gasteiger partial charge in [-0.3, -0.25) is 4.79 Å². The first-order valence-corrected chi connectivity index (χ1v) is 7.07. The molecule has 21 heavy (non-hydrogen) atoms. The number of nitrogens with one attached hydrogen (secondary N) is 1. The molecular weight excluding hydrogens is 260 g/mol. The van der Waals surface area contributed by atoms with Crippen LogP contribution in [0.3, 0.4) is 0 Å². The fourth-order valence-corrected chi connectivity index (χ4v) is 2.51. The van der Waals surface area contributed by atoms with Crippen molar-refractivity contribution >= 4 is 16.8 Å². The molecule has 1 aromatic heterocycles. The molecule has 0 saturated heterocycles. The Morgan fingerprint density at radius 1 is 1.05 bits per heavy atom. The number of amides is 1. The molecule has 0 fully saturated rings. The predicted molar refractivity (Wildman–Crippen MR) is 84.9 cm³/mol. The van der Waals surface area contributed by atoms with Gasteiger partial charge in [-0.05, 0) is 17.2 Å². The molecule has 1 N–H and O–H groups in total. The minimum Gasteiger partial charge on any atom is -0.361 e. The van der Waals surface area contributed by atoms with Crippen molar-refractivity contribution in [1.82, 2.24) is 9.88 Å². The number of aromatic nitrogens is 1. The Bertz CT molecular complexity index is 746. The fourth-order valence-electron chi connectivity index (χ4n) is 2.51. The Balaban J connectivity index is 1.71. The van der Waals surface area contributed by atoms with Gasteiger partial charge in [-0.1, -0.05) is 48.5 Å². The number of aromatic amines is 1. The lowest BCUT2D eigenvalue weighted by atomic mass is 10.1. The van der Waals surface area contributed by atoms with Gasteiger partial charge in [0, 0.05) is 30.7 Å². The van der Waals surface area contributed by atoms with Crippen molar-refractivity contribution in [2.75, 3.05) is 7.05 Å². The van der Waals surface area contributed by atoms with Crippen molar-refractivity contribution in [3.8, 4) is 0 Å². The van der Waals surface area contributed by atoms with Gasteiger partial charge in [0.2, 0.25) is 5.91 Å². The van der Waals surface area contributed by atoms with E-state index in [0.717, 1.165) is 16.6 Å². The van der Waals surface area contributed by atoms with E-state index in [1.54, 1.807) is 4.90 Å². The number of carbonyl (C=O) groups excluding carboxylic acids is 1. The summed E-state index contributed by atoms with van der Waals surface area (Å²) in [5.74, 6) is 0.131. The van der Waals surface area contributed by atoms with E-state index in [2.05, 4.69) is 11.1 Å². The third-order valence-corrected chi connectivity index (χ3v) is 3.71. The second-order valence-electron chi connectivity index (χ2n) is 5.27. The fraction of sp³-hybridized carbons (Fsp3) is 0.167. The number of para-hydroxylation sites is 1. The van der Waals surface area contributed by atoms with E-state index in [9.17, 15) is 4.79 Å². The van der Waals surface area contributed by atoms with Crippen LogP contribution in [0.5, 0.6) is 0 Å². The monoisotopic (exact) mass is 278 g/mol. The summed E-state index contributed by atoms with van der Waals surface area (Å²) < 4.78 is 0. The third-order valence-electron chi connectivity index (χ3n) is 3.71. The number of carbonyl (C=O) groups is 1. The zero-order valence-electron chi connectivity index (χ0n) is 12.0. The minimum absolute atomic E-state index is 0.131. The molecule has 0 unspecified atom stereocenters. The van der Waals surface area contributed by atoms with Crippen LogP contribution in [0.2, 0.25) is 0 Å². The van der Waals surface area contributed by atoms with Crippen LogP contribution in [-0.4, -0.2) is 22.8 Å². The number of nitrogens with zero attached hydrogens (tertiary/aromatic N) is 1. The third kappa shape index (κ3) is 2.97. The molecule has 1 amide bonds. The largest absolute Gasteiger partial charge is 0.361 e.